The number of alkyl halides is 1. The summed E-state index contributed by atoms with van der Waals surface area (Å²) in [6, 6.07) is 0. The Hall–Kier alpha value is 0.250. The van der Waals surface area contributed by atoms with Crippen LogP contribution in [0.25, 0.3) is 0 Å². The van der Waals surface area contributed by atoms with E-state index in [1.807, 2.05) is 0 Å². The topological polar surface area (TPSA) is 12.0 Å². The van der Waals surface area contributed by atoms with Gasteiger partial charge in [0.25, 0.3) is 0 Å². The number of halogens is 1. The molecule has 11 heavy (non-hydrogen) atoms. The van der Waals surface area contributed by atoms with Crippen molar-refractivity contribution >= 4 is 11.6 Å². The minimum atomic E-state index is 0.233. The molecule has 0 rings (SSSR count). The molecule has 0 aliphatic rings. The van der Waals surface area contributed by atoms with Crippen molar-refractivity contribution in [2.75, 3.05) is 19.0 Å². The smallest absolute Gasteiger partial charge is 0.0286 e. The molecule has 1 nitrogen and oxygen atoms in total. The Labute approximate surface area is 75.5 Å². The van der Waals surface area contributed by atoms with Crippen molar-refractivity contribution in [3.8, 4) is 0 Å². The average molecular weight is 178 g/mol. The van der Waals surface area contributed by atoms with Gasteiger partial charge in [-0.1, -0.05) is 27.7 Å². The van der Waals surface area contributed by atoms with Crippen LogP contribution in [0.4, 0.5) is 0 Å². The predicted molar refractivity (Wildman–Crippen MR) is 52.2 cm³/mol. The second kappa shape index (κ2) is 5.00. The molecule has 0 aromatic carbocycles. The van der Waals surface area contributed by atoms with Crippen LogP contribution in [0.15, 0.2) is 0 Å². The summed E-state index contributed by atoms with van der Waals surface area (Å²) in [5.74, 6) is 1.44. The van der Waals surface area contributed by atoms with E-state index >= 15 is 0 Å². The molecule has 0 amide bonds. The number of hydrogen-bond donors (Lipinski definition) is 1. The third-order valence-electron chi connectivity index (χ3n) is 1.52. The van der Waals surface area contributed by atoms with Crippen LogP contribution in [0.1, 0.15) is 27.7 Å². The molecule has 0 bridgehead atoms. The van der Waals surface area contributed by atoms with Gasteiger partial charge in [-0.25, -0.2) is 0 Å². The Balaban J connectivity index is 3.38. The molecule has 0 spiro atoms. The Morgan fingerprint density at radius 3 is 2.27 bits per heavy atom. The molecule has 0 fully saturated rings. The van der Waals surface area contributed by atoms with E-state index in [4.69, 9.17) is 11.6 Å². The highest BCUT2D eigenvalue weighted by Crippen LogP contribution is 2.14. The van der Waals surface area contributed by atoms with Gasteiger partial charge in [0.15, 0.2) is 0 Å². The third kappa shape index (κ3) is 6.64. The summed E-state index contributed by atoms with van der Waals surface area (Å²) >= 11 is 5.77. The molecule has 68 valence electrons. The van der Waals surface area contributed by atoms with Gasteiger partial charge in [0.05, 0.1) is 0 Å². The lowest BCUT2D eigenvalue weighted by molar-refractivity contribution is 0.373. The van der Waals surface area contributed by atoms with Gasteiger partial charge in [-0.05, 0) is 17.9 Å². The molecule has 0 aliphatic heterocycles. The van der Waals surface area contributed by atoms with Crippen LogP contribution in [-0.4, -0.2) is 19.0 Å². The van der Waals surface area contributed by atoms with Gasteiger partial charge >= 0.3 is 0 Å². The second-order valence-corrected chi connectivity index (χ2v) is 4.59. The van der Waals surface area contributed by atoms with Crippen LogP contribution in [0.3, 0.4) is 0 Å². The summed E-state index contributed by atoms with van der Waals surface area (Å²) in [4.78, 5) is 0. The van der Waals surface area contributed by atoms with Crippen molar-refractivity contribution in [3.05, 3.63) is 0 Å². The summed E-state index contributed by atoms with van der Waals surface area (Å²) in [5, 5.41) is 3.39. The Morgan fingerprint density at radius 2 is 1.91 bits per heavy atom. The molecule has 0 saturated heterocycles. The van der Waals surface area contributed by atoms with Crippen LogP contribution < -0.4 is 5.32 Å². The summed E-state index contributed by atoms with van der Waals surface area (Å²) < 4.78 is 0. The van der Waals surface area contributed by atoms with E-state index in [2.05, 4.69) is 33.0 Å². The van der Waals surface area contributed by atoms with Crippen molar-refractivity contribution in [3.63, 3.8) is 0 Å². The maximum atomic E-state index is 5.77. The summed E-state index contributed by atoms with van der Waals surface area (Å²) in [6.45, 7) is 10.9. The van der Waals surface area contributed by atoms with Gasteiger partial charge in [-0.15, -0.1) is 11.6 Å². The largest absolute Gasteiger partial charge is 0.316 e. The van der Waals surface area contributed by atoms with Crippen molar-refractivity contribution < 1.29 is 0 Å². The van der Waals surface area contributed by atoms with Crippen LogP contribution in [0.2, 0.25) is 0 Å². The van der Waals surface area contributed by atoms with Crippen LogP contribution in [-0.2, 0) is 0 Å². The highest BCUT2D eigenvalue weighted by atomic mass is 35.5. The van der Waals surface area contributed by atoms with Crippen molar-refractivity contribution in [1.29, 1.82) is 0 Å². The van der Waals surface area contributed by atoms with Crippen molar-refractivity contribution in [1.82, 2.24) is 5.32 Å². The van der Waals surface area contributed by atoms with E-state index < -0.39 is 0 Å². The lowest BCUT2D eigenvalue weighted by Crippen LogP contribution is -2.32. The number of hydrogen-bond acceptors (Lipinski definition) is 1. The minimum absolute atomic E-state index is 0.233. The van der Waals surface area contributed by atoms with E-state index in [0.29, 0.717) is 0 Å². The first kappa shape index (κ1) is 11.2. The monoisotopic (exact) mass is 177 g/mol. The molecule has 0 aliphatic carbocycles. The normalized spacial score (nSPS) is 12.5. The molecule has 0 aromatic heterocycles. The molecule has 0 radical (unpaired) electrons. The lowest BCUT2D eigenvalue weighted by atomic mass is 9.96. The molecule has 0 unspecified atom stereocenters. The quantitative estimate of drug-likeness (QED) is 0.637. The van der Waals surface area contributed by atoms with E-state index in [1.165, 1.54) is 0 Å². The first-order valence-corrected chi connectivity index (χ1v) is 4.78. The van der Waals surface area contributed by atoms with Gasteiger partial charge in [0, 0.05) is 12.4 Å². The molecule has 0 aromatic rings. The maximum absolute atomic E-state index is 5.77. The Morgan fingerprint density at radius 1 is 1.36 bits per heavy atom. The first-order valence-electron chi connectivity index (χ1n) is 4.24. The SMILES string of the molecule is CC(C)CNCC(C)(C)CCl. The molecular formula is C9H20ClN. The highest BCUT2D eigenvalue weighted by molar-refractivity contribution is 6.18. The molecule has 0 heterocycles. The predicted octanol–water partition coefficient (Wildman–Crippen LogP) is 2.50. The Bertz CT molecular complexity index is 99.7. The average Bonchev–Trinajstić information content (AvgIpc) is 1.87. The fourth-order valence-electron chi connectivity index (χ4n) is 0.746. The van der Waals surface area contributed by atoms with Crippen molar-refractivity contribution in [2.45, 2.75) is 27.7 Å². The summed E-state index contributed by atoms with van der Waals surface area (Å²) in [6.07, 6.45) is 0. The van der Waals surface area contributed by atoms with Gasteiger partial charge in [0.1, 0.15) is 0 Å². The first-order chi connectivity index (χ1) is 4.98. The molecule has 0 atom stereocenters. The van der Waals surface area contributed by atoms with Gasteiger partial charge < -0.3 is 5.32 Å². The Kier molecular flexibility index (Phi) is 5.11. The minimum Gasteiger partial charge on any atom is -0.316 e. The van der Waals surface area contributed by atoms with Gasteiger partial charge in [-0.2, -0.15) is 0 Å². The second-order valence-electron chi connectivity index (χ2n) is 4.32. The van der Waals surface area contributed by atoms with E-state index in [9.17, 15) is 0 Å². The van der Waals surface area contributed by atoms with Crippen LogP contribution in [0.5, 0.6) is 0 Å². The van der Waals surface area contributed by atoms with E-state index in [-0.39, 0.29) is 5.41 Å². The molecule has 2 heteroatoms. The maximum Gasteiger partial charge on any atom is 0.0286 e. The summed E-state index contributed by atoms with van der Waals surface area (Å²) in [5.41, 5.74) is 0.233. The molecule has 1 N–H and O–H groups in total. The highest BCUT2D eigenvalue weighted by Gasteiger charge is 2.15. The van der Waals surface area contributed by atoms with Crippen LogP contribution >= 0.6 is 11.6 Å². The number of rotatable bonds is 5. The molecule has 0 saturated carbocycles. The van der Waals surface area contributed by atoms with Gasteiger partial charge in [-0.3, -0.25) is 0 Å². The fraction of sp³-hybridized carbons (Fsp3) is 1.00. The van der Waals surface area contributed by atoms with E-state index in [0.717, 1.165) is 24.9 Å². The van der Waals surface area contributed by atoms with E-state index in [1.54, 1.807) is 0 Å². The zero-order valence-corrected chi connectivity index (χ0v) is 8.83. The lowest BCUT2D eigenvalue weighted by Gasteiger charge is -2.22. The van der Waals surface area contributed by atoms with Crippen LogP contribution in [0, 0.1) is 11.3 Å². The molecular weight excluding hydrogens is 158 g/mol. The van der Waals surface area contributed by atoms with Gasteiger partial charge in [0.2, 0.25) is 0 Å². The standard InChI is InChI=1S/C9H20ClN/c1-8(2)5-11-7-9(3,4)6-10/h8,11H,5-7H2,1-4H3. The third-order valence-corrected chi connectivity index (χ3v) is 2.24. The fourth-order valence-corrected chi connectivity index (χ4v) is 0.841. The summed E-state index contributed by atoms with van der Waals surface area (Å²) in [7, 11) is 0. The number of nitrogens with one attached hydrogen (secondary N) is 1. The van der Waals surface area contributed by atoms with Crippen molar-refractivity contribution in [2.24, 2.45) is 11.3 Å². The zero-order valence-electron chi connectivity index (χ0n) is 8.08. The zero-order chi connectivity index (χ0) is 8.91.